The zero-order valence-corrected chi connectivity index (χ0v) is 17.9. The predicted octanol–water partition coefficient (Wildman–Crippen LogP) is 5.08. The molecule has 1 saturated heterocycles. The van der Waals surface area contributed by atoms with Crippen LogP contribution in [0, 0.1) is 13.8 Å². The molecule has 29 heavy (non-hydrogen) atoms. The molecule has 0 bridgehead atoms. The summed E-state index contributed by atoms with van der Waals surface area (Å²) in [4.78, 5) is 20.0. The molecular formula is C24H27N3OS. The maximum absolute atomic E-state index is 11.9. The Morgan fingerprint density at radius 3 is 2.45 bits per heavy atom. The molecule has 5 heteroatoms. The third kappa shape index (κ3) is 4.35. The van der Waals surface area contributed by atoms with Gasteiger partial charge < -0.3 is 9.47 Å². The van der Waals surface area contributed by atoms with Gasteiger partial charge in [0, 0.05) is 31.4 Å². The van der Waals surface area contributed by atoms with Crippen LogP contribution in [0.3, 0.4) is 0 Å². The van der Waals surface area contributed by atoms with E-state index in [1.807, 2.05) is 11.0 Å². The lowest BCUT2D eigenvalue weighted by Gasteiger charge is -2.16. The Morgan fingerprint density at radius 2 is 1.76 bits per heavy atom. The molecule has 1 aliphatic heterocycles. The van der Waals surface area contributed by atoms with E-state index in [9.17, 15) is 4.79 Å². The van der Waals surface area contributed by atoms with E-state index < -0.39 is 0 Å². The summed E-state index contributed by atoms with van der Waals surface area (Å²) < 4.78 is 2.31. The number of likely N-dealkylation sites (tertiary alicyclic amines) is 1. The number of nitrogens with zero attached hydrogens (tertiary/aromatic N) is 3. The Kier molecular flexibility index (Phi) is 5.95. The molecule has 1 aromatic heterocycles. The van der Waals surface area contributed by atoms with Crippen LogP contribution in [0.5, 0.6) is 0 Å². The van der Waals surface area contributed by atoms with Gasteiger partial charge in [-0.2, -0.15) is 0 Å². The van der Waals surface area contributed by atoms with E-state index in [1.165, 1.54) is 22.4 Å². The second-order valence-electron chi connectivity index (χ2n) is 7.61. The van der Waals surface area contributed by atoms with E-state index in [2.05, 4.69) is 66.3 Å². The fraction of sp³-hybridized carbons (Fsp3) is 0.333. The number of para-hydroxylation sites is 1. The monoisotopic (exact) mass is 405 g/mol. The summed E-state index contributed by atoms with van der Waals surface area (Å²) in [7, 11) is 0. The molecule has 0 atom stereocenters. The first kappa shape index (κ1) is 19.6. The second kappa shape index (κ2) is 8.78. The van der Waals surface area contributed by atoms with Gasteiger partial charge in [-0.15, -0.1) is 11.3 Å². The summed E-state index contributed by atoms with van der Waals surface area (Å²) in [6.07, 6.45) is 2.63. The van der Waals surface area contributed by atoms with E-state index >= 15 is 0 Å². The van der Waals surface area contributed by atoms with Crippen LogP contribution in [-0.4, -0.2) is 28.5 Å². The van der Waals surface area contributed by atoms with Gasteiger partial charge in [-0.05, 0) is 43.4 Å². The van der Waals surface area contributed by atoms with Gasteiger partial charge in [-0.25, -0.2) is 4.99 Å². The van der Waals surface area contributed by atoms with Gasteiger partial charge in [0.05, 0.1) is 11.4 Å². The van der Waals surface area contributed by atoms with Gasteiger partial charge in [0.25, 0.3) is 0 Å². The van der Waals surface area contributed by atoms with Gasteiger partial charge in [0.2, 0.25) is 5.91 Å². The average Bonchev–Trinajstić information content (AvgIpc) is 3.32. The normalized spacial score (nSPS) is 14.8. The number of carbonyl (C=O) groups excluding carboxylic acids is 1. The molecule has 0 spiro atoms. The van der Waals surface area contributed by atoms with Crippen molar-refractivity contribution in [3.05, 3.63) is 69.8 Å². The first-order valence-electron chi connectivity index (χ1n) is 10.3. The van der Waals surface area contributed by atoms with Crippen molar-refractivity contribution in [1.29, 1.82) is 0 Å². The van der Waals surface area contributed by atoms with E-state index in [1.54, 1.807) is 11.3 Å². The van der Waals surface area contributed by atoms with Crippen LogP contribution in [0.25, 0.3) is 11.3 Å². The Hall–Kier alpha value is -2.66. The lowest BCUT2D eigenvalue weighted by Crippen LogP contribution is -2.27. The number of thiazole rings is 1. The third-order valence-corrected chi connectivity index (χ3v) is 6.36. The molecule has 4 rings (SSSR count). The molecule has 0 unspecified atom stereocenters. The minimum absolute atomic E-state index is 0.295. The summed E-state index contributed by atoms with van der Waals surface area (Å²) in [5, 5.41) is 2.20. The zero-order chi connectivity index (χ0) is 20.2. The Balaban J connectivity index is 1.69. The molecule has 0 saturated carbocycles. The molecule has 0 radical (unpaired) electrons. The van der Waals surface area contributed by atoms with Crippen molar-refractivity contribution in [1.82, 2.24) is 9.47 Å². The molecule has 1 fully saturated rings. The number of hydrogen-bond acceptors (Lipinski definition) is 3. The number of amides is 1. The predicted molar refractivity (Wildman–Crippen MR) is 119 cm³/mol. The minimum Gasteiger partial charge on any atom is -0.343 e. The summed E-state index contributed by atoms with van der Waals surface area (Å²) >= 11 is 1.68. The molecule has 1 amide bonds. The van der Waals surface area contributed by atoms with Crippen LogP contribution in [-0.2, 0) is 11.3 Å². The van der Waals surface area contributed by atoms with Crippen LogP contribution in [0.4, 0.5) is 5.69 Å². The SMILES string of the molecule is Cc1cccc(C)c1N=c1scc(-c2ccccc2)n1CCCN1CCCC1=O. The molecule has 3 aromatic rings. The molecule has 4 nitrogen and oxygen atoms in total. The van der Waals surface area contributed by atoms with Crippen molar-refractivity contribution in [2.75, 3.05) is 13.1 Å². The second-order valence-corrected chi connectivity index (χ2v) is 8.45. The lowest BCUT2D eigenvalue weighted by molar-refractivity contribution is -0.127. The molecular weight excluding hydrogens is 378 g/mol. The fourth-order valence-corrected chi connectivity index (χ4v) is 4.85. The van der Waals surface area contributed by atoms with Crippen molar-refractivity contribution in [2.45, 2.75) is 39.7 Å². The van der Waals surface area contributed by atoms with E-state index in [-0.39, 0.29) is 0 Å². The van der Waals surface area contributed by atoms with E-state index in [4.69, 9.17) is 4.99 Å². The highest BCUT2D eigenvalue weighted by Gasteiger charge is 2.19. The zero-order valence-electron chi connectivity index (χ0n) is 17.1. The number of aryl methyl sites for hydroxylation is 2. The third-order valence-electron chi connectivity index (χ3n) is 5.50. The van der Waals surface area contributed by atoms with Gasteiger partial charge in [-0.1, -0.05) is 48.5 Å². The topological polar surface area (TPSA) is 37.6 Å². The van der Waals surface area contributed by atoms with Crippen LogP contribution >= 0.6 is 11.3 Å². The highest BCUT2D eigenvalue weighted by Crippen LogP contribution is 2.24. The van der Waals surface area contributed by atoms with Crippen molar-refractivity contribution in [2.24, 2.45) is 4.99 Å². The Morgan fingerprint density at radius 1 is 1.00 bits per heavy atom. The van der Waals surface area contributed by atoms with Gasteiger partial charge >= 0.3 is 0 Å². The summed E-state index contributed by atoms with van der Waals surface area (Å²) in [6.45, 7) is 6.79. The van der Waals surface area contributed by atoms with Crippen molar-refractivity contribution >= 4 is 22.9 Å². The highest BCUT2D eigenvalue weighted by molar-refractivity contribution is 7.07. The van der Waals surface area contributed by atoms with Crippen LogP contribution in [0.1, 0.15) is 30.4 Å². The van der Waals surface area contributed by atoms with Gasteiger partial charge in [-0.3, -0.25) is 4.79 Å². The summed E-state index contributed by atoms with van der Waals surface area (Å²) in [6, 6.07) is 16.8. The largest absolute Gasteiger partial charge is 0.343 e. The molecule has 2 heterocycles. The van der Waals surface area contributed by atoms with E-state index in [0.29, 0.717) is 12.3 Å². The minimum atomic E-state index is 0.295. The Labute approximate surface area is 176 Å². The molecule has 0 aliphatic carbocycles. The number of rotatable bonds is 6. The van der Waals surface area contributed by atoms with Crippen molar-refractivity contribution in [3.63, 3.8) is 0 Å². The number of hydrogen-bond donors (Lipinski definition) is 0. The molecule has 150 valence electrons. The summed E-state index contributed by atoms with van der Waals surface area (Å²) in [5.41, 5.74) is 5.82. The maximum atomic E-state index is 11.9. The fourth-order valence-electron chi connectivity index (χ4n) is 3.91. The summed E-state index contributed by atoms with van der Waals surface area (Å²) in [5.74, 6) is 0.295. The molecule has 0 N–H and O–H groups in total. The van der Waals surface area contributed by atoms with Gasteiger partial charge in [0.15, 0.2) is 4.80 Å². The van der Waals surface area contributed by atoms with Crippen molar-refractivity contribution < 1.29 is 4.79 Å². The van der Waals surface area contributed by atoms with E-state index in [0.717, 1.165) is 43.0 Å². The molecule has 1 aliphatic rings. The van der Waals surface area contributed by atoms with Crippen LogP contribution in [0.2, 0.25) is 0 Å². The molecule has 2 aromatic carbocycles. The number of carbonyl (C=O) groups is 1. The average molecular weight is 406 g/mol. The quantitative estimate of drug-likeness (QED) is 0.564. The Bertz CT molecular complexity index is 1040. The first-order chi connectivity index (χ1) is 14.1. The van der Waals surface area contributed by atoms with Crippen LogP contribution in [0.15, 0.2) is 58.9 Å². The smallest absolute Gasteiger partial charge is 0.222 e. The van der Waals surface area contributed by atoms with Crippen molar-refractivity contribution in [3.8, 4) is 11.3 Å². The standard InChI is InChI=1S/C24H27N3OS/c1-18-9-6-10-19(2)23(18)25-24-27(16-8-15-26-14-7-13-22(26)28)21(17-29-24)20-11-4-3-5-12-20/h3-6,9-12,17H,7-8,13-16H2,1-2H3. The lowest BCUT2D eigenvalue weighted by atomic mass is 10.1. The highest BCUT2D eigenvalue weighted by atomic mass is 32.1. The number of benzene rings is 2. The number of aromatic nitrogens is 1. The maximum Gasteiger partial charge on any atom is 0.222 e. The van der Waals surface area contributed by atoms with Gasteiger partial charge in [0.1, 0.15) is 0 Å². The first-order valence-corrected chi connectivity index (χ1v) is 11.1. The van der Waals surface area contributed by atoms with Crippen LogP contribution < -0.4 is 4.80 Å².